The van der Waals surface area contributed by atoms with Crippen LogP contribution in [0, 0.1) is 0 Å². The lowest BCUT2D eigenvalue weighted by atomic mass is 10.3. The topological polar surface area (TPSA) is 37.8 Å². The van der Waals surface area contributed by atoms with E-state index in [1.165, 1.54) is 20.9 Å². The Morgan fingerprint density at radius 1 is 1.09 bits per heavy atom. The number of hydrogen-bond acceptors (Lipinski definition) is 7. The molecule has 4 rings (SSSR count). The summed E-state index contributed by atoms with van der Waals surface area (Å²) >= 11 is 12.5. The van der Waals surface area contributed by atoms with E-state index in [0.29, 0.717) is 0 Å². The van der Waals surface area contributed by atoms with Gasteiger partial charge in [-0.2, -0.15) is 0 Å². The zero-order valence-electron chi connectivity index (χ0n) is 11.9. The number of hydrogen-bond donors (Lipinski definition) is 1. The van der Waals surface area contributed by atoms with Gasteiger partial charge in [0.15, 0.2) is 10.3 Å². The van der Waals surface area contributed by atoms with Gasteiger partial charge >= 0.3 is 0 Å². The van der Waals surface area contributed by atoms with Crippen LogP contribution in [0.4, 0.5) is 10.3 Å². The molecular formula is C15H10ClN3S4. The molecule has 0 spiro atoms. The molecule has 8 heteroatoms. The van der Waals surface area contributed by atoms with Gasteiger partial charge in [0, 0.05) is 10.3 Å². The number of para-hydroxylation sites is 1. The van der Waals surface area contributed by atoms with Gasteiger partial charge in [0.25, 0.3) is 0 Å². The van der Waals surface area contributed by atoms with E-state index >= 15 is 0 Å². The number of thiophene rings is 1. The summed E-state index contributed by atoms with van der Waals surface area (Å²) in [7, 11) is 0. The van der Waals surface area contributed by atoms with Crippen molar-refractivity contribution in [2.24, 2.45) is 0 Å². The number of fused-ring (bicyclic) bond motifs is 1. The average Bonchev–Trinajstić information content (AvgIpc) is 3.25. The lowest BCUT2D eigenvalue weighted by Crippen LogP contribution is -1.88. The van der Waals surface area contributed by atoms with Crippen LogP contribution in [0.1, 0.15) is 0 Å². The van der Waals surface area contributed by atoms with Gasteiger partial charge in [0.05, 0.1) is 25.1 Å². The van der Waals surface area contributed by atoms with E-state index in [4.69, 9.17) is 16.6 Å². The lowest BCUT2D eigenvalue weighted by Gasteiger charge is -1.96. The normalized spacial score (nSPS) is 11.2. The van der Waals surface area contributed by atoms with E-state index in [-0.39, 0.29) is 0 Å². The molecular weight excluding hydrogens is 386 g/mol. The molecule has 1 N–H and O–H groups in total. The molecule has 0 atom stereocenters. The number of nitrogens with zero attached hydrogens (tertiary/aromatic N) is 2. The van der Waals surface area contributed by atoms with Crippen molar-refractivity contribution < 1.29 is 0 Å². The fourth-order valence-electron chi connectivity index (χ4n) is 2.13. The molecule has 0 unspecified atom stereocenters. The second-order valence-electron chi connectivity index (χ2n) is 4.59. The maximum absolute atomic E-state index is 5.99. The van der Waals surface area contributed by atoms with E-state index in [9.17, 15) is 0 Å². The molecule has 0 aliphatic carbocycles. The number of thioether (sulfide) groups is 1. The zero-order valence-corrected chi connectivity index (χ0v) is 15.9. The first-order valence-corrected chi connectivity index (χ1v) is 10.8. The summed E-state index contributed by atoms with van der Waals surface area (Å²) in [5, 5.41) is 7.06. The monoisotopic (exact) mass is 395 g/mol. The highest BCUT2D eigenvalue weighted by atomic mass is 35.5. The molecule has 0 saturated carbocycles. The van der Waals surface area contributed by atoms with E-state index < -0.39 is 0 Å². The van der Waals surface area contributed by atoms with Crippen molar-refractivity contribution in [1.82, 2.24) is 9.97 Å². The molecule has 3 nitrogen and oxygen atoms in total. The second kappa shape index (κ2) is 6.41. The third-order valence-electron chi connectivity index (χ3n) is 3.15. The molecule has 3 aromatic heterocycles. The average molecular weight is 396 g/mol. The molecule has 23 heavy (non-hydrogen) atoms. The van der Waals surface area contributed by atoms with Crippen LogP contribution in [0.5, 0.6) is 0 Å². The molecule has 1 aromatic carbocycles. The SMILES string of the molecule is CSc1cccc2sc(Nc3nc(-c4ccc(Cl)s4)cs3)nc12. The molecule has 0 radical (unpaired) electrons. The van der Waals surface area contributed by atoms with Gasteiger partial charge in [0.2, 0.25) is 0 Å². The van der Waals surface area contributed by atoms with Crippen LogP contribution < -0.4 is 5.32 Å². The largest absolute Gasteiger partial charge is 0.307 e. The Morgan fingerprint density at radius 2 is 2.00 bits per heavy atom. The van der Waals surface area contributed by atoms with Crippen LogP contribution in [-0.2, 0) is 0 Å². The second-order valence-corrected chi connectivity index (χ2v) is 9.04. The number of thiazole rings is 2. The predicted molar refractivity (Wildman–Crippen MR) is 105 cm³/mol. The van der Waals surface area contributed by atoms with Crippen LogP contribution in [0.25, 0.3) is 20.8 Å². The van der Waals surface area contributed by atoms with E-state index in [1.807, 2.05) is 17.5 Å². The van der Waals surface area contributed by atoms with Crippen molar-refractivity contribution in [2.75, 3.05) is 11.6 Å². The third kappa shape index (κ3) is 3.12. The van der Waals surface area contributed by atoms with Crippen molar-refractivity contribution in [3.05, 3.63) is 40.0 Å². The number of anilines is 2. The summed E-state index contributed by atoms with van der Waals surface area (Å²) in [5.41, 5.74) is 2.00. The highest BCUT2D eigenvalue weighted by molar-refractivity contribution is 7.98. The Morgan fingerprint density at radius 3 is 2.78 bits per heavy atom. The van der Waals surface area contributed by atoms with Crippen molar-refractivity contribution in [3.8, 4) is 10.6 Å². The van der Waals surface area contributed by atoms with Gasteiger partial charge < -0.3 is 5.32 Å². The van der Waals surface area contributed by atoms with Gasteiger partial charge in [-0.15, -0.1) is 34.4 Å². The Balaban J connectivity index is 1.62. The van der Waals surface area contributed by atoms with Gasteiger partial charge in [-0.25, -0.2) is 9.97 Å². The molecule has 0 fully saturated rings. The van der Waals surface area contributed by atoms with Crippen molar-refractivity contribution in [2.45, 2.75) is 4.90 Å². The molecule has 0 amide bonds. The first kappa shape index (κ1) is 15.4. The molecule has 0 bridgehead atoms. The van der Waals surface area contributed by atoms with E-state index in [1.54, 1.807) is 34.4 Å². The number of rotatable bonds is 4. The number of nitrogens with one attached hydrogen (secondary N) is 1. The minimum atomic E-state index is 0.776. The van der Waals surface area contributed by atoms with E-state index in [0.717, 1.165) is 30.7 Å². The quantitative estimate of drug-likeness (QED) is 0.395. The Hall–Kier alpha value is -1.12. The minimum Gasteiger partial charge on any atom is -0.307 e. The van der Waals surface area contributed by atoms with Gasteiger partial charge in [-0.1, -0.05) is 29.0 Å². The number of halogens is 1. The predicted octanol–water partition coefficient (Wildman–Crippen LogP) is 6.60. The molecule has 0 saturated heterocycles. The fraction of sp³-hybridized carbons (Fsp3) is 0.0667. The third-order valence-corrected chi connectivity index (χ3v) is 6.86. The van der Waals surface area contributed by atoms with Crippen LogP contribution in [0.2, 0.25) is 4.34 Å². The number of aromatic nitrogens is 2. The van der Waals surface area contributed by atoms with Crippen LogP contribution in [0.3, 0.4) is 0 Å². The van der Waals surface area contributed by atoms with Crippen molar-refractivity contribution in [1.29, 1.82) is 0 Å². The molecule has 3 heterocycles. The van der Waals surface area contributed by atoms with Crippen LogP contribution in [0.15, 0.2) is 40.6 Å². The lowest BCUT2D eigenvalue weighted by molar-refractivity contribution is 1.35. The van der Waals surface area contributed by atoms with Gasteiger partial charge in [-0.05, 0) is 30.5 Å². The standard InChI is InChI=1S/C15H10ClN3S4/c1-20-10-3-2-4-11-13(10)18-15(23-11)19-14-17-8(7-21-14)9-5-6-12(16)22-9/h2-7H,1H3,(H,17,18,19). The first-order chi connectivity index (χ1) is 11.2. The van der Waals surface area contributed by atoms with Gasteiger partial charge in [-0.3, -0.25) is 0 Å². The maximum atomic E-state index is 5.99. The van der Waals surface area contributed by atoms with Crippen molar-refractivity contribution in [3.63, 3.8) is 0 Å². The zero-order chi connectivity index (χ0) is 15.8. The van der Waals surface area contributed by atoms with Gasteiger partial charge in [0.1, 0.15) is 0 Å². The summed E-state index contributed by atoms with van der Waals surface area (Å²) in [6, 6.07) is 10.1. The summed E-state index contributed by atoms with van der Waals surface area (Å²) in [6.45, 7) is 0. The minimum absolute atomic E-state index is 0.776. The summed E-state index contributed by atoms with van der Waals surface area (Å²) < 4.78 is 1.96. The maximum Gasteiger partial charge on any atom is 0.190 e. The van der Waals surface area contributed by atoms with E-state index in [2.05, 4.69) is 34.8 Å². The smallest absolute Gasteiger partial charge is 0.190 e. The Bertz CT molecular complexity index is 972. The Kier molecular flexibility index (Phi) is 4.29. The van der Waals surface area contributed by atoms with Crippen LogP contribution in [-0.4, -0.2) is 16.2 Å². The van der Waals surface area contributed by atoms with Crippen molar-refractivity contribution >= 4 is 77.9 Å². The first-order valence-electron chi connectivity index (χ1n) is 6.65. The summed E-state index contributed by atoms with van der Waals surface area (Å²) in [5.74, 6) is 0. The van der Waals surface area contributed by atoms with Crippen LogP contribution >= 0.6 is 57.4 Å². The molecule has 0 aliphatic heterocycles. The Labute approximate surface area is 154 Å². The summed E-state index contributed by atoms with van der Waals surface area (Å²) in [6.07, 6.45) is 2.07. The fourth-order valence-corrected chi connectivity index (χ4v) is 5.50. The molecule has 4 aromatic rings. The number of benzene rings is 1. The summed E-state index contributed by atoms with van der Waals surface area (Å²) in [4.78, 5) is 11.6. The highest BCUT2D eigenvalue weighted by Crippen LogP contribution is 2.36. The molecule has 0 aliphatic rings. The highest BCUT2D eigenvalue weighted by Gasteiger charge is 2.11. The molecule has 116 valence electrons.